The molecule has 19 heavy (non-hydrogen) atoms. The normalized spacial score (nSPS) is 11.6. The monoisotopic (exact) mass is 381 g/mol. The van der Waals surface area contributed by atoms with E-state index in [9.17, 15) is 13.2 Å². The van der Waals surface area contributed by atoms with Crippen LogP contribution in [0, 0.1) is 3.70 Å². The minimum absolute atomic E-state index is 0.194. The van der Waals surface area contributed by atoms with Crippen LogP contribution in [0.2, 0.25) is 0 Å². The summed E-state index contributed by atoms with van der Waals surface area (Å²) in [4.78, 5) is 10.6. The van der Waals surface area contributed by atoms with Crippen molar-refractivity contribution in [1.29, 1.82) is 0 Å². The smallest absolute Gasteiger partial charge is 0.392 e. The van der Waals surface area contributed by atoms with Gasteiger partial charge in [0, 0.05) is 35.3 Å². The Morgan fingerprint density at radius 1 is 1.05 bits per heavy atom. The van der Waals surface area contributed by atoms with Crippen molar-refractivity contribution in [2.75, 3.05) is 0 Å². The van der Waals surface area contributed by atoms with E-state index in [1.807, 2.05) is 22.6 Å². The van der Waals surface area contributed by atoms with Crippen LogP contribution < -0.4 is 0 Å². The second-order valence-corrected chi connectivity index (χ2v) is 4.65. The average Bonchev–Trinajstić information content (AvgIpc) is 2.38. The van der Waals surface area contributed by atoms with Gasteiger partial charge in [-0.1, -0.05) is 0 Å². The van der Waals surface area contributed by atoms with Gasteiger partial charge in [-0.05, 0) is 28.7 Å². The van der Waals surface area contributed by atoms with Gasteiger partial charge in [0.15, 0.2) is 0 Å². The Morgan fingerprint density at radius 2 is 1.63 bits per heavy atom. The fraction of sp³-hybridized carbons (Fsp3) is 0.182. The summed E-state index contributed by atoms with van der Waals surface area (Å²) in [6, 6.07) is 1.64. The zero-order chi connectivity index (χ0) is 14.0. The predicted molar refractivity (Wildman–Crippen MR) is 68.9 cm³/mol. The molecule has 0 aliphatic carbocycles. The SMILES string of the molecule is OCc1cc(-c2cnc(C(F)(F)F)nc2)cnc1I. The van der Waals surface area contributed by atoms with Crippen LogP contribution in [0.1, 0.15) is 11.4 Å². The Balaban J connectivity index is 2.37. The van der Waals surface area contributed by atoms with Gasteiger partial charge in [0.2, 0.25) is 5.82 Å². The van der Waals surface area contributed by atoms with Gasteiger partial charge in [-0.2, -0.15) is 13.2 Å². The Morgan fingerprint density at radius 3 is 2.16 bits per heavy atom. The van der Waals surface area contributed by atoms with E-state index in [-0.39, 0.29) is 6.61 Å². The number of hydrogen-bond donors (Lipinski definition) is 1. The van der Waals surface area contributed by atoms with Crippen LogP contribution >= 0.6 is 22.6 Å². The highest BCUT2D eigenvalue weighted by Crippen LogP contribution is 2.27. The molecule has 0 saturated heterocycles. The summed E-state index contributed by atoms with van der Waals surface area (Å²) in [6.45, 7) is -0.194. The second-order valence-electron chi connectivity index (χ2n) is 3.63. The van der Waals surface area contributed by atoms with Crippen molar-refractivity contribution in [1.82, 2.24) is 15.0 Å². The molecule has 0 atom stereocenters. The van der Waals surface area contributed by atoms with Crippen LogP contribution in [0.3, 0.4) is 0 Å². The third kappa shape index (κ3) is 3.18. The molecule has 0 fully saturated rings. The van der Waals surface area contributed by atoms with Crippen molar-refractivity contribution in [3.63, 3.8) is 0 Å². The van der Waals surface area contributed by atoms with Crippen LogP contribution in [0.25, 0.3) is 11.1 Å². The number of rotatable bonds is 2. The number of hydrogen-bond acceptors (Lipinski definition) is 4. The molecule has 8 heteroatoms. The molecule has 2 aromatic rings. The quantitative estimate of drug-likeness (QED) is 0.642. The van der Waals surface area contributed by atoms with Crippen molar-refractivity contribution >= 4 is 22.6 Å². The lowest BCUT2D eigenvalue weighted by molar-refractivity contribution is -0.144. The predicted octanol–water partition coefficient (Wildman–Crippen LogP) is 2.65. The second kappa shape index (κ2) is 5.37. The highest BCUT2D eigenvalue weighted by atomic mass is 127. The molecule has 0 aliphatic rings. The molecule has 100 valence electrons. The molecule has 4 nitrogen and oxygen atoms in total. The summed E-state index contributed by atoms with van der Waals surface area (Å²) in [5, 5.41) is 9.12. The van der Waals surface area contributed by atoms with Crippen LogP contribution in [-0.4, -0.2) is 20.1 Å². The van der Waals surface area contributed by atoms with Crippen LogP contribution in [-0.2, 0) is 12.8 Å². The van der Waals surface area contributed by atoms with Crippen LogP contribution in [0.4, 0.5) is 13.2 Å². The molecule has 0 radical (unpaired) electrons. The first-order valence-corrected chi connectivity index (χ1v) is 6.14. The zero-order valence-electron chi connectivity index (χ0n) is 9.32. The number of nitrogens with zero attached hydrogens (tertiary/aromatic N) is 3. The number of halogens is 4. The van der Waals surface area contributed by atoms with E-state index in [0.29, 0.717) is 20.4 Å². The van der Waals surface area contributed by atoms with Crippen molar-refractivity contribution in [3.05, 3.63) is 39.7 Å². The Hall–Kier alpha value is -1.29. The number of aliphatic hydroxyl groups excluding tert-OH is 1. The molecule has 2 rings (SSSR count). The van der Waals surface area contributed by atoms with Gasteiger partial charge in [0.1, 0.15) is 3.70 Å². The molecular weight excluding hydrogens is 374 g/mol. The zero-order valence-corrected chi connectivity index (χ0v) is 11.5. The van der Waals surface area contributed by atoms with E-state index in [4.69, 9.17) is 5.11 Å². The molecule has 2 heterocycles. The van der Waals surface area contributed by atoms with Crippen LogP contribution in [0.5, 0.6) is 0 Å². The molecule has 1 N–H and O–H groups in total. The first-order chi connectivity index (χ1) is 8.91. The van der Waals surface area contributed by atoms with Gasteiger partial charge >= 0.3 is 6.18 Å². The summed E-state index contributed by atoms with van der Waals surface area (Å²) in [7, 11) is 0. The minimum atomic E-state index is -4.56. The summed E-state index contributed by atoms with van der Waals surface area (Å²) < 4.78 is 37.6. The van der Waals surface area contributed by atoms with Crippen molar-refractivity contribution in [2.45, 2.75) is 12.8 Å². The first kappa shape index (κ1) is 14.1. The molecule has 0 saturated carbocycles. The van der Waals surface area contributed by atoms with E-state index in [1.54, 1.807) is 6.07 Å². The lowest BCUT2D eigenvalue weighted by Crippen LogP contribution is -2.10. The van der Waals surface area contributed by atoms with E-state index in [0.717, 1.165) is 12.4 Å². The highest BCUT2D eigenvalue weighted by molar-refractivity contribution is 14.1. The third-order valence-electron chi connectivity index (χ3n) is 2.32. The molecule has 0 spiro atoms. The molecule has 0 aliphatic heterocycles. The van der Waals surface area contributed by atoms with Gasteiger partial charge in [-0.3, -0.25) is 0 Å². The summed E-state index contributed by atoms with van der Waals surface area (Å²) in [5.74, 6) is -1.18. The molecule has 0 aromatic carbocycles. The maximum absolute atomic E-state index is 12.3. The lowest BCUT2D eigenvalue weighted by Gasteiger charge is -2.07. The molecule has 0 amide bonds. The standard InChI is InChI=1S/C11H7F3IN3O/c12-11(13,14)10-17-3-8(4-18-10)6-1-7(5-19)9(15)16-2-6/h1-4,19H,5H2. The maximum Gasteiger partial charge on any atom is 0.451 e. The van der Waals surface area contributed by atoms with E-state index in [1.165, 1.54) is 6.20 Å². The van der Waals surface area contributed by atoms with Crippen molar-refractivity contribution in [2.24, 2.45) is 0 Å². The number of alkyl halides is 3. The maximum atomic E-state index is 12.3. The lowest BCUT2D eigenvalue weighted by atomic mass is 10.1. The van der Waals surface area contributed by atoms with E-state index < -0.39 is 12.0 Å². The van der Waals surface area contributed by atoms with Crippen LogP contribution in [0.15, 0.2) is 24.7 Å². The van der Waals surface area contributed by atoms with Gasteiger partial charge in [-0.25, -0.2) is 15.0 Å². The molecule has 2 aromatic heterocycles. The van der Waals surface area contributed by atoms with E-state index in [2.05, 4.69) is 15.0 Å². The fourth-order valence-corrected chi connectivity index (χ4v) is 1.85. The number of aliphatic hydroxyl groups is 1. The van der Waals surface area contributed by atoms with Gasteiger partial charge in [0.05, 0.1) is 6.61 Å². The van der Waals surface area contributed by atoms with Crippen molar-refractivity contribution < 1.29 is 18.3 Å². The minimum Gasteiger partial charge on any atom is -0.392 e. The van der Waals surface area contributed by atoms with Gasteiger partial charge in [-0.15, -0.1) is 0 Å². The van der Waals surface area contributed by atoms with Crippen molar-refractivity contribution in [3.8, 4) is 11.1 Å². The highest BCUT2D eigenvalue weighted by Gasteiger charge is 2.34. The first-order valence-electron chi connectivity index (χ1n) is 5.06. The van der Waals surface area contributed by atoms with E-state index >= 15 is 0 Å². The summed E-state index contributed by atoms with van der Waals surface area (Å²) in [5.41, 5.74) is 1.56. The Bertz CT molecular complexity index is 587. The molecule has 0 bridgehead atoms. The summed E-state index contributed by atoms with van der Waals surface area (Å²) >= 11 is 1.96. The average molecular weight is 381 g/mol. The van der Waals surface area contributed by atoms with Gasteiger partial charge < -0.3 is 5.11 Å². The number of aromatic nitrogens is 3. The molecular formula is C11H7F3IN3O. The largest absolute Gasteiger partial charge is 0.451 e. The third-order valence-corrected chi connectivity index (χ3v) is 3.29. The summed E-state index contributed by atoms with van der Waals surface area (Å²) in [6.07, 6.45) is -0.895. The Kier molecular flexibility index (Phi) is 3.99. The fourth-order valence-electron chi connectivity index (χ4n) is 1.39. The number of pyridine rings is 1. The Labute approximate surface area is 119 Å². The topological polar surface area (TPSA) is 58.9 Å². The molecule has 0 unspecified atom stereocenters. The van der Waals surface area contributed by atoms with Gasteiger partial charge in [0.25, 0.3) is 0 Å².